The van der Waals surface area contributed by atoms with Gasteiger partial charge in [0.05, 0.1) is 12.3 Å². The maximum atomic E-state index is 9.33. The average molecular weight is 269 g/mol. The van der Waals surface area contributed by atoms with Crippen molar-refractivity contribution in [3.8, 4) is 11.5 Å². The molecule has 1 aromatic heterocycles. The Bertz CT molecular complexity index is 559. The molecule has 1 N–H and O–H groups in total. The van der Waals surface area contributed by atoms with Gasteiger partial charge in [-0.25, -0.2) is 0 Å². The third kappa shape index (κ3) is 2.77. The number of aromatic nitrogens is 1. The second-order valence-electron chi connectivity index (χ2n) is 5.40. The molecule has 0 radical (unpaired) electrons. The number of pyridine rings is 1. The number of aromatic hydroxyl groups is 1. The molecule has 3 heteroatoms. The Morgan fingerprint density at radius 1 is 1.15 bits per heavy atom. The molecule has 0 amide bonds. The van der Waals surface area contributed by atoms with E-state index in [4.69, 9.17) is 4.74 Å². The Labute approximate surface area is 119 Å². The number of ether oxygens (including phenoxy) is 1. The SMILES string of the molecule is CC(c1ccc(O)cc1)c1ccc(OC2CCC2)cn1. The minimum Gasteiger partial charge on any atom is -0.508 e. The summed E-state index contributed by atoms with van der Waals surface area (Å²) in [6.07, 6.45) is 5.79. The highest BCUT2D eigenvalue weighted by Gasteiger charge is 2.19. The van der Waals surface area contributed by atoms with Crippen molar-refractivity contribution in [2.45, 2.75) is 38.2 Å². The number of nitrogens with zero attached hydrogens (tertiary/aromatic N) is 1. The van der Waals surface area contributed by atoms with Crippen LogP contribution in [0.3, 0.4) is 0 Å². The molecule has 0 spiro atoms. The molecule has 2 aromatic rings. The molecule has 1 aliphatic rings. The van der Waals surface area contributed by atoms with Crippen LogP contribution in [0.2, 0.25) is 0 Å². The molecule has 0 saturated heterocycles. The van der Waals surface area contributed by atoms with Crippen molar-refractivity contribution in [2.75, 3.05) is 0 Å². The lowest BCUT2D eigenvalue weighted by Crippen LogP contribution is -2.24. The highest BCUT2D eigenvalue weighted by molar-refractivity contribution is 5.33. The van der Waals surface area contributed by atoms with Crippen LogP contribution in [0, 0.1) is 0 Å². The van der Waals surface area contributed by atoms with E-state index in [2.05, 4.69) is 11.9 Å². The average Bonchev–Trinajstić information content (AvgIpc) is 2.44. The number of phenolic OH excluding ortho intramolecular Hbond substituents is 1. The van der Waals surface area contributed by atoms with Crippen molar-refractivity contribution in [3.63, 3.8) is 0 Å². The largest absolute Gasteiger partial charge is 0.508 e. The lowest BCUT2D eigenvalue weighted by Gasteiger charge is -2.26. The maximum absolute atomic E-state index is 9.33. The summed E-state index contributed by atoms with van der Waals surface area (Å²) in [4.78, 5) is 4.50. The number of benzene rings is 1. The standard InChI is InChI=1S/C17H19NO2/c1-12(13-5-7-14(19)8-6-13)17-10-9-16(11-18-17)20-15-3-2-4-15/h5-12,15,19H,2-4H2,1H3. The summed E-state index contributed by atoms with van der Waals surface area (Å²) >= 11 is 0. The van der Waals surface area contributed by atoms with Crippen LogP contribution in [0.1, 0.15) is 43.4 Å². The number of hydrogen-bond donors (Lipinski definition) is 1. The van der Waals surface area contributed by atoms with E-state index in [1.54, 1.807) is 12.1 Å². The molecule has 1 aromatic carbocycles. The predicted octanol–water partition coefficient (Wildman–Crippen LogP) is 3.87. The molecule has 3 rings (SSSR count). The zero-order valence-corrected chi connectivity index (χ0v) is 11.6. The van der Waals surface area contributed by atoms with Crippen LogP contribution >= 0.6 is 0 Å². The first-order valence-corrected chi connectivity index (χ1v) is 7.14. The van der Waals surface area contributed by atoms with E-state index in [0.717, 1.165) is 29.8 Å². The molecule has 1 saturated carbocycles. The van der Waals surface area contributed by atoms with Crippen LogP contribution in [0.25, 0.3) is 0 Å². The van der Waals surface area contributed by atoms with E-state index in [-0.39, 0.29) is 11.7 Å². The van der Waals surface area contributed by atoms with Gasteiger partial charge in [0.25, 0.3) is 0 Å². The van der Waals surface area contributed by atoms with Crippen molar-refractivity contribution in [2.24, 2.45) is 0 Å². The summed E-state index contributed by atoms with van der Waals surface area (Å²) in [7, 11) is 0. The molecule has 1 heterocycles. The Balaban J connectivity index is 1.71. The van der Waals surface area contributed by atoms with Crippen LogP contribution in [-0.2, 0) is 0 Å². The van der Waals surface area contributed by atoms with Gasteiger partial charge in [-0.05, 0) is 49.1 Å². The minimum atomic E-state index is 0.202. The zero-order chi connectivity index (χ0) is 13.9. The molecule has 0 aliphatic heterocycles. The van der Waals surface area contributed by atoms with Crippen LogP contribution in [-0.4, -0.2) is 16.2 Å². The smallest absolute Gasteiger partial charge is 0.138 e. The normalized spacial score (nSPS) is 16.4. The molecule has 20 heavy (non-hydrogen) atoms. The number of phenols is 1. The number of hydrogen-bond acceptors (Lipinski definition) is 3. The van der Waals surface area contributed by atoms with Crippen LogP contribution in [0.5, 0.6) is 11.5 Å². The van der Waals surface area contributed by atoms with Gasteiger partial charge in [0.1, 0.15) is 11.5 Å². The van der Waals surface area contributed by atoms with Gasteiger partial charge in [-0.1, -0.05) is 19.1 Å². The monoisotopic (exact) mass is 269 g/mol. The Morgan fingerprint density at radius 2 is 1.90 bits per heavy atom. The lowest BCUT2D eigenvalue weighted by atomic mass is 9.96. The van der Waals surface area contributed by atoms with Gasteiger partial charge in [-0.3, -0.25) is 4.98 Å². The number of rotatable bonds is 4. The fraction of sp³-hybridized carbons (Fsp3) is 0.353. The van der Waals surface area contributed by atoms with Crippen molar-refractivity contribution in [3.05, 3.63) is 53.9 Å². The van der Waals surface area contributed by atoms with Crippen molar-refractivity contribution >= 4 is 0 Å². The summed E-state index contributed by atoms with van der Waals surface area (Å²) < 4.78 is 5.81. The van der Waals surface area contributed by atoms with Gasteiger partial charge in [0.2, 0.25) is 0 Å². The first-order chi connectivity index (χ1) is 9.72. The lowest BCUT2D eigenvalue weighted by molar-refractivity contribution is 0.120. The quantitative estimate of drug-likeness (QED) is 0.916. The molecular formula is C17H19NO2. The highest BCUT2D eigenvalue weighted by Crippen LogP contribution is 2.27. The second-order valence-corrected chi connectivity index (χ2v) is 5.40. The molecule has 1 fully saturated rings. The van der Waals surface area contributed by atoms with Crippen LogP contribution in [0.4, 0.5) is 0 Å². The van der Waals surface area contributed by atoms with Crippen LogP contribution < -0.4 is 4.74 Å². The molecule has 0 bridgehead atoms. The summed E-state index contributed by atoms with van der Waals surface area (Å²) in [5.41, 5.74) is 2.15. The molecule has 104 valence electrons. The Kier molecular flexibility index (Phi) is 3.59. The summed E-state index contributed by atoms with van der Waals surface area (Å²) in [5.74, 6) is 1.35. The zero-order valence-electron chi connectivity index (χ0n) is 11.6. The molecule has 1 unspecified atom stereocenters. The third-order valence-electron chi connectivity index (χ3n) is 3.95. The fourth-order valence-electron chi connectivity index (χ4n) is 2.33. The Hall–Kier alpha value is -2.03. The van der Waals surface area contributed by atoms with Crippen molar-refractivity contribution in [1.82, 2.24) is 4.98 Å². The molecule has 3 nitrogen and oxygen atoms in total. The predicted molar refractivity (Wildman–Crippen MR) is 78.1 cm³/mol. The van der Waals surface area contributed by atoms with E-state index in [1.165, 1.54) is 6.42 Å². The topological polar surface area (TPSA) is 42.4 Å². The first-order valence-electron chi connectivity index (χ1n) is 7.14. The van der Waals surface area contributed by atoms with E-state index < -0.39 is 0 Å². The second kappa shape index (κ2) is 5.53. The van der Waals surface area contributed by atoms with Gasteiger partial charge < -0.3 is 9.84 Å². The summed E-state index contributed by atoms with van der Waals surface area (Å²) in [5, 5.41) is 9.33. The van der Waals surface area contributed by atoms with Crippen molar-refractivity contribution in [1.29, 1.82) is 0 Å². The van der Waals surface area contributed by atoms with Gasteiger partial charge in [-0.15, -0.1) is 0 Å². The fourth-order valence-corrected chi connectivity index (χ4v) is 2.33. The Morgan fingerprint density at radius 3 is 2.45 bits per heavy atom. The van der Waals surface area contributed by atoms with E-state index in [9.17, 15) is 5.11 Å². The minimum absolute atomic E-state index is 0.202. The highest BCUT2D eigenvalue weighted by atomic mass is 16.5. The third-order valence-corrected chi connectivity index (χ3v) is 3.95. The maximum Gasteiger partial charge on any atom is 0.138 e. The molecule has 1 atom stereocenters. The molecular weight excluding hydrogens is 250 g/mol. The van der Waals surface area contributed by atoms with Gasteiger partial charge in [-0.2, -0.15) is 0 Å². The van der Waals surface area contributed by atoms with E-state index in [0.29, 0.717) is 6.10 Å². The van der Waals surface area contributed by atoms with Crippen molar-refractivity contribution < 1.29 is 9.84 Å². The van der Waals surface area contributed by atoms with Gasteiger partial charge in [0, 0.05) is 11.6 Å². The van der Waals surface area contributed by atoms with E-state index in [1.807, 2.05) is 30.5 Å². The van der Waals surface area contributed by atoms with Gasteiger partial charge >= 0.3 is 0 Å². The van der Waals surface area contributed by atoms with Crippen LogP contribution in [0.15, 0.2) is 42.6 Å². The first kappa shape index (κ1) is 13.0. The van der Waals surface area contributed by atoms with E-state index >= 15 is 0 Å². The molecule has 1 aliphatic carbocycles. The summed E-state index contributed by atoms with van der Waals surface area (Å²) in [6.45, 7) is 2.11. The summed E-state index contributed by atoms with van der Waals surface area (Å²) in [6, 6.07) is 11.3. The van der Waals surface area contributed by atoms with Gasteiger partial charge in [0.15, 0.2) is 0 Å².